The van der Waals surface area contributed by atoms with E-state index in [2.05, 4.69) is 10.2 Å². The van der Waals surface area contributed by atoms with Crippen molar-refractivity contribution >= 4 is 23.4 Å². The summed E-state index contributed by atoms with van der Waals surface area (Å²) in [5.41, 5.74) is 1.69. The van der Waals surface area contributed by atoms with Gasteiger partial charge in [0.25, 0.3) is 5.91 Å². The first-order valence-corrected chi connectivity index (χ1v) is 10.7. The zero-order valence-corrected chi connectivity index (χ0v) is 17.4. The Labute approximate surface area is 175 Å². The lowest BCUT2D eigenvalue weighted by Crippen LogP contribution is -2.40. The number of nitrogens with zero attached hydrogens (tertiary/aromatic N) is 5. The van der Waals surface area contributed by atoms with Crippen LogP contribution in [0, 0.1) is 12.8 Å². The van der Waals surface area contributed by atoms with Gasteiger partial charge >= 0.3 is 0 Å². The zero-order valence-electron chi connectivity index (χ0n) is 16.7. The molecule has 0 saturated carbocycles. The average molecular weight is 416 g/mol. The van der Waals surface area contributed by atoms with Crippen molar-refractivity contribution in [3.8, 4) is 5.69 Å². The van der Waals surface area contributed by atoms with Crippen molar-refractivity contribution in [2.75, 3.05) is 26.2 Å². The van der Waals surface area contributed by atoms with Crippen LogP contribution >= 0.6 is 11.6 Å². The smallest absolute Gasteiger partial charge is 0.276 e. The Balaban J connectivity index is 1.36. The van der Waals surface area contributed by atoms with Crippen LogP contribution in [-0.2, 0) is 4.79 Å². The minimum atomic E-state index is -0.0971. The maximum absolute atomic E-state index is 13.0. The highest BCUT2D eigenvalue weighted by molar-refractivity contribution is 6.30. The lowest BCUT2D eigenvalue weighted by molar-refractivity contribution is -0.131. The number of amides is 2. The van der Waals surface area contributed by atoms with Crippen molar-refractivity contribution in [3.63, 3.8) is 0 Å². The van der Waals surface area contributed by atoms with Gasteiger partial charge in [0.05, 0.1) is 11.4 Å². The van der Waals surface area contributed by atoms with Crippen LogP contribution in [-0.4, -0.2) is 62.8 Å². The number of likely N-dealkylation sites (tertiary alicyclic amines) is 2. The molecule has 8 heteroatoms. The molecule has 2 amide bonds. The van der Waals surface area contributed by atoms with Gasteiger partial charge in [-0.3, -0.25) is 9.59 Å². The van der Waals surface area contributed by atoms with Gasteiger partial charge in [0.1, 0.15) is 0 Å². The molecule has 0 aliphatic carbocycles. The first kappa shape index (κ1) is 19.9. The molecule has 0 unspecified atom stereocenters. The molecular weight excluding hydrogens is 390 g/mol. The second kappa shape index (κ2) is 8.53. The molecule has 1 aromatic carbocycles. The van der Waals surface area contributed by atoms with Crippen molar-refractivity contribution < 1.29 is 9.59 Å². The number of carbonyl (C=O) groups is 2. The number of aryl methyl sites for hydroxylation is 1. The van der Waals surface area contributed by atoms with Crippen molar-refractivity contribution in [1.82, 2.24) is 24.8 Å². The van der Waals surface area contributed by atoms with Gasteiger partial charge in [-0.25, -0.2) is 0 Å². The predicted octanol–water partition coefficient (Wildman–Crippen LogP) is 3.09. The second-order valence-electron chi connectivity index (χ2n) is 7.93. The van der Waals surface area contributed by atoms with E-state index in [0.29, 0.717) is 41.8 Å². The normalized spacial score (nSPS) is 17.7. The quantitative estimate of drug-likeness (QED) is 0.769. The monoisotopic (exact) mass is 415 g/mol. The molecular formula is C21H26ClN5O2. The fraction of sp³-hybridized carbons (Fsp3) is 0.524. The molecule has 2 fully saturated rings. The maximum Gasteiger partial charge on any atom is 0.276 e. The molecule has 2 aliphatic rings. The van der Waals surface area contributed by atoms with E-state index in [9.17, 15) is 9.59 Å². The topological polar surface area (TPSA) is 71.3 Å². The van der Waals surface area contributed by atoms with E-state index in [1.807, 2.05) is 21.9 Å². The van der Waals surface area contributed by atoms with Crippen molar-refractivity contribution in [2.45, 2.75) is 39.0 Å². The Hall–Kier alpha value is -2.41. The second-order valence-corrected chi connectivity index (χ2v) is 8.37. The van der Waals surface area contributed by atoms with Gasteiger partial charge in [-0.15, -0.1) is 5.10 Å². The molecule has 2 aromatic rings. The Morgan fingerprint density at radius 2 is 1.79 bits per heavy atom. The van der Waals surface area contributed by atoms with E-state index in [-0.39, 0.29) is 11.8 Å². The standard InChI is InChI=1S/C21H26ClN5O2/c1-15-20(24-27(23-15)18-6-4-5-17(22)14-18)21(29)26-11-7-16(8-12-26)13-19(28)25-9-2-3-10-25/h4-6,14,16H,2-3,7-13H2,1H3. The van der Waals surface area contributed by atoms with E-state index in [1.165, 1.54) is 4.80 Å². The van der Waals surface area contributed by atoms with Crippen LogP contribution < -0.4 is 0 Å². The molecule has 4 rings (SSSR count). The molecule has 0 bridgehead atoms. The molecule has 0 spiro atoms. The van der Waals surface area contributed by atoms with Crippen LogP contribution in [0.2, 0.25) is 5.02 Å². The van der Waals surface area contributed by atoms with Gasteiger partial charge in [-0.05, 0) is 56.7 Å². The lowest BCUT2D eigenvalue weighted by Gasteiger charge is -2.32. The first-order chi connectivity index (χ1) is 14.0. The summed E-state index contributed by atoms with van der Waals surface area (Å²) in [4.78, 5) is 30.6. The summed E-state index contributed by atoms with van der Waals surface area (Å²) in [5.74, 6) is 0.531. The third-order valence-electron chi connectivity index (χ3n) is 5.85. The number of hydrogen-bond donors (Lipinski definition) is 0. The van der Waals surface area contributed by atoms with E-state index >= 15 is 0 Å². The zero-order chi connectivity index (χ0) is 20.4. The molecule has 2 aliphatic heterocycles. The number of halogens is 1. The summed E-state index contributed by atoms with van der Waals surface area (Å²) < 4.78 is 0. The number of benzene rings is 1. The largest absolute Gasteiger partial charge is 0.343 e. The van der Waals surface area contributed by atoms with Crippen LogP contribution in [0.4, 0.5) is 0 Å². The van der Waals surface area contributed by atoms with Gasteiger partial charge in [-0.1, -0.05) is 17.7 Å². The Kier molecular flexibility index (Phi) is 5.85. The van der Waals surface area contributed by atoms with Gasteiger partial charge < -0.3 is 9.80 Å². The lowest BCUT2D eigenvalue weighted by atomic mass is 9.93. The van der Waals surface area contributed by atoms with Crippen LogP contribution in [0.15, 0.2) is 24.3 Å². The minimum absolute atomic E-state index is 0.0971. The van der Waals surface area contributed by atoms with Crippen molar-refractivity contribution in [3.05, 3.63) is 40.7 Å². The summed E-state index contributed by atoms with van der Waals surface area (Å²) in [6, 6.07) is 7.22. The SMILES string of the molecule is Cc1nn(-c2cccc(Cl)c2)nc1C(=O)N1CCC(CC(=O)N2CCCC2)CC1. The fourth-order valence-corrected chi connectivity index (χ4v) is 4.31. The third kappa shape index (κ3) is 4.45. The Morgan fingerprint density at radius 3 is 2.48 bits per heavy atom. The van der Waals surface area contributed by atoms with Gasteiger partial charge in [0.2, 0.25) is 5.91 Å². The van der Waals surface area contributed by atoms with Gasteiger partial charge in [0.15, 0.2) is 5.69 Å². The summed E-state index contributed by atoms with van der Waals surface area (Å²) in [6.07, 6.45) is 4.55. The Morgan fingerprint density at radius 1 is 1.07 bits per heavy atom. The van der Waals surface area contributed by atoms with E-state index in [0.717, 1.165) is 44.5 Å². The molecule has 2 saturated heterocycles. The van der Waals surface area contributed by atoms with Gasteiger partial charge in [-0.2, -0.15) is 9.90 Å². The van der Waals surface area contributed by atoms with Crippen LogP contribution in [0.3, 0.4) is 0 Å². The highest BCUT2D eigenvalue weighted by atomic mass is 35.5. The highest BCUT2D eigenvalue weighted by Gasteiger charge is 2.29. The summed E-state index contributed by atoms with van der Waals surface area (Å²) in [5, 5.41) is 9.39. The molecule has 3 heterocycles. The molecule has 0 atom stereocenters. The number of hydrogen-bond acceptors (Lipinski definition) is 4. The fourth-order valence-electron chi connectivity index (χ4n) is 4.12. The number of piperidine rings is 1. The highest BCUT2D eigenvalue weighted by Crippen LogP contribution is 2.24. The Bertz CT molecular complexity index is 898. The van der Waals surface area contributed by atoms with E-state index < -0.39 is 0 Å². The average Bonchev–Trinajstić information content (AvgIpc) is 3.38. The van der Waals surface area contributed by atoms with E-state index in [1.54, 1.807) is 19.1 Å². The summed E-state index contributed by atoms with van der Waals surface area (Å²) >= 11 is 6.05. The third-order valence-corrected chi connectivity index (χ3v) is 6.08. The maximum atomic E-state index is 13.0. The molecule has 7 nitrogen and oxygen atoms in total. The van der Waals surface area contributed by atoms with Crippen LogP contribution in [0.25, 0.3) is 5.69 Å². The van der Waals surface area contributed by atoms with Crippen LogP contribution in [0.5, 0.6) is 0 Å². The minimum Gasteiger partial charge on any atom is -0.343 e. The molecule has 1 aromatic heterocycles. The van der Waals surface area contributed by atoms with Crippen molar-refractivity contribution in [1.29, 1.82) is 0 Å². The molecule has 0 radical (unpaired) electrons. The van der Waals surface area contributed by atoms with Crippen LogP contribution in [0.1, 0.15) is 48.3 Å². The molecule has 29 heavy (non-hydrogen) atoms. The number of carbonyl (C=O) groups excluding carboxylic acids is 2. The summed E-state index contributed by atoms with van der Waals surface area (Å²) in [6.45, 7) is 4.90. The number of aromatic nitrogens is 3. The predicted molar refractivity (Wildman–Crippen MR) is 110 cm³/mol. The van der Waals surface area contributed by atoms with E-state index in [4.69, 9.17) is 11.6 Å². The molecule has 0 N–H and O–H groups in total. The summed E-state index contributed by atoms with van der Waals surface area (Å²) in [7, 11) is 0. The first-order valence-electron chi connectivity index (χ1n) is 10.3. The van der Waals surface area contributed by atoms with Gasteiger partial charge in [0, 0.05) is 37.6 Å². The molecule has 154 valence electrons. The van der Waals surface area contributed by atoms with Crippen molar-refractivity contribution in [2.24, 2.45) is 5.92 Å². The number of rotatable bonds is 4.